The molecule has 0 aromatic carbocycles. The van der Waals surface area contributed by atoms with Gasteiger partial charge in [-0.3, -0.25) is 24.2 Å². The molecule has 1 aliphatic heterocycles. The van der Waals surface area contributed by atoms with Crippen molar-refractivity contribution < 1.29 is 14.4 Å². The number of carbonyl (C=O) groups is 3. The second-order valence-corrected chi connectivity index (χ2v) is 9.00. The molecular weight excluding hydrogens is 374 g/mol. The van der Waals surface area contributed by atoms with Gasteiger partial charge in [-0.05, 0) is 38.5 Å². The van der Waals surface area contributed by atoms with E-state index in [0.29, 0.717) is 11.7 Å². The topological polar surface area (TPSA) is 70.6 Å². The summed E-state index contributed by atoms with van der Waals surface area (Å²) in [7, 11) is 0. The van der Waals surface area contributed by atoms with Crippen LogP contribution in [0.5, 0.6) is 0 Å². The Kier molecular flexibility index (Phi) is 5.62. The van der Waals surface area contributed by atoms with Gasteiger partial charge in [0.15, 0.2) is 5.13 Å². The zero-order valence-electron chi connectivity index (χ0n) is 16.2. The van der Waals surface area contributed by atoms with E-state index in [9.17, 15) is 14.4 Å². The van der Waals surface area contributed by atoms with Crippen molar-refractivity contribution >= 4 is 34.2 Å². The van der Waals surface area contributed by atoms with Crippen LogP contribution in [-0.4, -0.2) is 40.7 Å². The molecule has 3 aliphatic rings. The van der Waals surface area contributed by atoms with Crippen molar-refractivity contribution in [2.24, 2.45) is 11.8 Å². The van der Waals surface area contributed by atoms with Crippen LogP contribution < -0.4 is 4.90 Å². The predicted octanol–water partition coefficient (Wildman–Crippen LogP) is 3.11. The van der Waals surface area contributed by atoms with Crippen molar-refractivity contribution in [3.63, 3.8) is 0 Å². The van der Waals surface area contributed by atoms with E-state index in [1.807, 2.05) is 0 Å². The van der Waals surface area contributed by atoms with E-state index in [1.165, 1.54) is 16.2 Å². The Bertz CT molecular complexity index is 755. The molecule has 2 aliphatic carbocycles. The predicted molar refractivity (Wildman–Crippen MR) is 108 cm³/mol. The van der Waals surface area contributed by atoms with Gasteiger partial charge in [0.05, 0.1) is 17.5 Å². The summed E-state index contributed by atoms with van der Waals surface area (Å²) in [6.45, 7) is 4.32. The molecule has 7 heteroatoms. The molecule has 1 saturated carbocycles. The highest BCUT2D eigenvalue weighted by atomic mass is 32.1. The number of thiazole rings is 1. The summed E-state index contributed by atoms with van der Waals surface area (Å²) in [6, 6.07) is 0. The Morgan fingerprint density at radius 2 is 1.82 bits per heavy atom. The number of hydrogen-bond donors (Lipinski definition) is 0. The third-order valence-corrected chi connectivity index (χ3v) is 7.34. The third-order valence-electron chi connectivity index (χ3n) is 6.16. The summed E-state index contributed by atoms with van der Waals surface area (Å²) in [5.41, 5.74) is 1.11. The minimum atomic E-state index is -0.161. The first-order valence-corrected chi connectivity index (χ1v) is 11.2. The van der Waals surface area contributed by atoms with Gasteiger partial charge in [0.2, 0.25) is 17.7 Å². The van der Waals surface area contributed by atoms with Gasteiger partial charge in [-0.25, -0.2) is 4.98 Å². The maximum atomic E-state index is 12.9. The average Bonchev–Trinajstić information content (AvgIpc) is 3.24. The van der Waals surface area contributed by atoms with Crippen molar-refractivity contribution in [2.45, 2.75) is 57.8 Å². The monoisotopic (exact) mass is 401 g/mol. The minimum Gasteiger partial charge on any atom is -0.284 e. The number of nitrogens with zero attached hydrogens (tertiary/aromatic N) is 3. The Labute approximate surface area is 169 Å². The lowest BCUT2D eigenvalue weighted by atomic mass is 9.81. The van der Waals surface area contributed by atoms with E-state index < -0.39 is 0 Å². The van der Waals surface area contributed by atoms with Crippen molar-refractivity contribution in [2.75, 3.05) is 18.0 Å². The first kappa shape index (κ1) is 19.3. The van der Waals surface area contributed by atoms with Crippen molar-refractivity contribution in [3.05, 3.63) is 23.2 Å². The zero-order valence-corrected chi connectivity index (χ0v) is 17.0. The molecular formula is C21H27N3O3S. The Hall–Kier alpha value is -2.02. The smallest absolute Gasteiger partial charge is 0.233 e. The van der Waals surface area contributed by atoms with Crippen LogP contribution in [0.25, 0.3) is 0 Å². The van der Waals surface area contributed by atoms with Crippen molar-refractivity contribution in [1.29, 1.82) is 0 Å². The highest BCUT2D eigenvalue weighted by Gasteiger charge is 2.47. The standard InChI is InChI=1S/C21H27N3O3S/c1-2-12-23(21-22-16-9-5-6-10-17(16)28-21)18(25)11-13-24-19(26)14-7-3-4-8-15(14)20(24)27/h2,14-15H,1,3-13H2/t14-,15+. The second-order valence-electron chi connectivity index (χ2n) is 7.94. The van der Waals surface area contributed by atoms with E-state index in [4.69, 9.17) is 0 Å². The quantitative estimate of drug-likeness (QED) is 0.542. The molecule has 2 fully saturated rings. The fraction of sp³-hybridized carbons (Fsp3) is 0.619. The summed E-state index contributed by atoms with van der Waals surface area (Å²) in [6.07, 6.45) is 9.76. The molecule has 0 unspecified atom stereocenters. The van der Waals surface area contributed by atoms with E-state index >= 15 is 0 Å². The third kappa shape index (κ3) is 3.52. The van der Waals surface area contributed by atoms with Gasteiger partial charge in [-0.2, -0.15) is 0 Å². The first-order chi connectivity index (χ1) is 13.6. The zero-order chi connectivity index (χ0) is 19.7. The van der Waals surface area contributed by atoms with Crippen LogP contribution >= 0.6 is 11.3 Å². The maximum Gasteiger partial charge on any atom is 0.233 e. The summed E-state index contributed by atoms with van der Waals surface area (Å²) in [4.78, 5) is 47.1. The summed E-state index contributed by atoms with van der Waals surface area (Å²) in [5.74, 6) is -0.593. The molecule has 1 aromatic heterocycles. The van der Waals surface area contributed by atoms with Crippen molar-refractivity contribution in [3.8, 4) is 0 Å². The summed E-state index contributed by atoms with van der Waals surface area (Å²) in [5, 5.41) is 0.713. The SMILES string of the molecule is C=CCN(C(=O)CCN1C(=O)[C@H]2CCCC[C@H]2C1=O)c1nc2c(s1)CCCC2. The van der Waals surface area contributed by atoms with Crippen LogP contribution in [0.15, 0.2) is 12.7 Å². The largest absolute Gasteiger partial charge is 0.284 e. The Morgan fingerprint density at radius 1 is 1.14 bits per heavy atom. The van der Waals surface area contributed by atoms with Crippen LogP contribution in [0.2, 0.25) is 0 Å². The van der Waals surface area contributed by atoms with Gasteiger partial charge >= 0.3 is 0 Å². The van der Waals surface area contributed by atoms with Crippen LogP contribution in [0.3, 0.4) is 0 Å². The number of fused-ring (bicyclic) bond motifs is 2. The van der Waals surface area contributed by atoms with Crippen molar-refractivity contribution in [1.82, 2.24) is 9.88 Å². The molecule has 0 bridgehead atoms. The van der Waals surface area contributed by atoms with E-state index in [1.54, 1.807) is 22.3 Å². The van der Waals surface area contributed by atoms with Crippen LogP contribution in [0, 0.1) is 11.8 Å². The van der Waals surface area contributed by atoms with Gasteiger partial charge in [-0.15, -0.1) is 17.9 Å². The molecule has 3 amide bonds. The van der Waals surface area contributed by atoms with Crippen LogP contribution in [0.1, 0.15) is 55.5 Å². The van der Waals surface area contributed by atoms with Gasteiger partial charge < -0.3 is 0 Å². The molecule has 0 N–H and O–H groups in total. The highest BCUT2D eigenvalue weighted by Crippen LogP contribution is 2.38. The molecule has 0 radical (unpaired) electrons. The fourth-order valence-corrected chi connectivity index (χ4v) is 5.84. The molecule has 6 nitrogen and oxygen atoms in total. The number of carbonyl (C=O) groups excluding carboxylic acids is 3. The van der Waals surface area contributed by atoms with Gasteiger partial charge in [-0.1, -0.05) is 18.9 Å². The van der Waals surface area contributed by atoms with Gasteiger partial charge in [0.25, 0.3) is 0 Å². The second kappa shape index (κ2) is 8.15. The molecule has 2 heterocycles. The van der Waals surface area contributed by atoms with E-state index in [-0.39, 0.29) is 42.5 Å². The lowest BCUT2D eigenvalue weighted by Crippen LogP contribution is -2.37. The number of aryl methyl sites for hydroxylation is 2. The number of imide groups is 1. The van der Waals surface area contributed by atoms with Crippen LogP contribution in [-0.2, 0) is 27.2 Å². The Balaban J connectivity index is 1.43. The van der Waals surface area contributed by atoms with E-state index in [2.05, 4.69) is 11.6 Å². The van der Waals surface area contributed by atoms with Gasteiger partial charge in [0.1, 0.15) is 0 Å². The number of aromatic nitrogens is 1. The molecule has 150 valence electrons. The van der Waals surface area contributed by atoms with Crippen LogP contribution in [0.4, 0.5) is 5.13 Å². The number of likely N-dealkylation sites (tertiary alicyclic amines) is 1. The minimum absolute atomic E-state index is 0.0810. The lowest BCUT2D eigenvalue weighted by Gasteiger charge is -2.20. The summed E-state index contributed by atoms with van der Waals surface area (Å²) >= 11 is 1.59. The molecule has 0 spiro atoms. The molecule has 2 atom stereocenters. The highest BCUT2D eigenvalue weighted by molar-refractivity contribution is 7.16. The average molecular weight is 402 g/mol. The number of amides is 3. The molecule has 28 heavy (non-hydrogen) atoms. The molecule has 1 saturated heterocycles. The fourth-order valence-electron chi connectivity index (χ4n) is 4.66. The van der Waals surface area contributed by atoms with Gasteiger partial charge in [0, 0.05) is 24.4 Å². The lowest BCUT2D eigenvalue weighted by molar-refractivity contribution is -0.140. The Morgan fingerprint density at radius 3 is 2.46 bits per heavy atom. The first-order valence-electron chi connectivity index (χ1n) is 10.3. The number of hydrogen-bond acceptors (Lipinski definition) is 5. The molecule has 1 aromatic rings. The maximum absolute atomic E-state index is 12.9. The summed E-state index contributed by atoms with van der Waals surface area (Å²) < 4.78 is 0. The van der Waals surface area contributed by atoms with E-state index in [0.717, 1.165) is 50.6 Å². The number of rotatable bonds is 6. The molecule has 4 rings (SSSR count). The number of anilines is 1. The normalized spacial score (nSPS) is 24.1.